The number of alkyl halides is 3. The van der Waals surface area contributed by atoms with Gasteiger partial charge in [-0.25, -0.2) is 0 Å². The highest BCUT2D eigenvalue weighted by Gasteiger charge is 2.28. The fraction of sp³-hybridized carbons (Fsp3) is 0.400. The largest absolute Gasteiger partial charge is 0.389 e. The lowest BCUT2D eigenvalue weighted by Gasteiger charge is -2.15. The van der Waals surface area contributed by atoms with Crippen LogP contribution in [0, 0.1) is 0 Å². The Balaban J connectivity index is 0.00000256. The zero-order chi connectivity index (χ0) is 12.3. The van der Waals surface area contributed by atoms with Crippen LogP contribution in [0.2, 0.25) is 5.02 Å². The summed E-state index contributed by atoms with van der Waals surface area (Å²) in [7, 11) is 0. The molecule has 0 aromatic heterocycles. The fourth-order valence-corrected chi connectivity index (χ4v) is 2.25. The van der Waals surface area contributed by atoms with Gasteiger partial charge in [-0.05, 0) is 24.1 Å². The molecule has 0 fully saturated rings. The molecule has 0 saturated carbocycles. The number of benzene rings is 1. The Morgan fingerprint density at radius 1 is 1.35 bits per heavy atom. The summed E-state index contributed by atoms with van der Waals surface area (Å²) in [5.74, 6) is 0. The highest BCUT2D eigenvalue weighted by molar-refractivity contribution is 9.10. The summed E-state index contributed by atoms with van der Waals surface area (Å²) < 4.78 is 36.7. The van der Waals surface area contributed by atoms with Crippen molar-refractivity contribution in [3.05, 3.63) is 33.3 Å². The van der Waals surface area contributed by atoms with Crippen LogP contribution in [0.25, 0.3) is 0 Å². The van der Waals surface area contributed by atoms with Gasteiger partial charge in [0.05, 0.1) is 0 Å². The lowest BCUT2D eigenvalue weighted by atomic mass is 10.0. The summed E-state index contributed by atoms with van der Waals surface area (Å²) in [6.45, 7) is 0. The molecule has 0 aliphatic heterocycles. The fourth-order valence-electron chi connectivity index (χ4n) is 1.28. The zero-order valence-electron chi connectivity index (χ0n) is 8.60. The Morgan fingerprint density at radius 2 is 1.94 bits per heavy atom. The lowest BCUT2D eigenvalue weighted by molar-refractivity contribution is -0.136. The molecule has 0 heterocycles. The zero-order valence-corrected chi connectivity index (χ0v) is 11.8. The smallest absolute Gasteiger partial charge is 0.324 e. The van der Waals surface area contributed by atoms with E-state index in [1.165, 1.54) is 0 Å². The van der Waals surface area contributed by atoms with Crippen LogP contribution in [-0.2, 0) is 0 Å². The number of rotatable bonds is 3. The highest BCUT2D eigenvalue weighted by atomic mass is 79.9. The van der Waals surface area contributed by atoms with E-state index < -0.39 is 18.6 Å². The van der Waals surface area contributed by atoms with Crippen molar-refractivity contribution in [2.75, 3.05) is 0 Å². The second-order valence-corrected chi connectivity index (χ2v) is 4.72. The van der Waals surface area contributed by atoms with Crippen molar-refractivity contribution in [3.8, 4) is 0 Å². The van der Waals surface area contributed by atoms with Gasteiger partial charge in [0.2, 0.25) is 0 Å². The van der Waals surface area contributed by atoms with Gasteiger partial charge in [-0.1, -0.05) is 33.6 Å². The Morgan fingerprint density at radius 3 is 2.41 bits per heavy atom. The molecule has 1 atom stereocenters. The molecule has 0 aliphatic rings. The first-order chi connectivity index (χ1) is 7.29. The van der Waals surface area contributed by atoms with E-state index in [-0.39, 0.29) is 18.8 Å². The van der Waals surface area contributed by atoms with Crippen molar-refractivity contribution in [2.45, 2.75) is 25.1 Å². The molecule has 1 rings (SSSR count). The quantitative estimate of drug-likeness (QED) is 0.825. The van der Waals surface area contributed by atoms with Crippen molar-refractivity contribution in [3.63, 3.8) is 0 Å². The standard InChI is InChI=1S/C10H10BrClF3N.ClH/c11-8-5-6(12)1-2-7(8)9(16)3-4-10(13,14)15;/h1-2,5,9H,3-4,16H2;1H/t9-;/m0./s1. The van der Waals surface area contributed by atoms with E-state index in [4.69, 9.17) is 17.3 Å². The van der Waals surface area contributed by atoms with Gasteiger partial charge < -0.3 is 5.73 Å². The molecule has 0 amide bonds. The van der Waals surface area contributed by atoms with Crippen LogP contribution in [0.15, 0.2) is 22.7 Å². The first-order valence-corrected chi connectivity index (χ1v) is 5.74. The first kappa shape index (κ1) is 17.0. The van der Waals surface area contributed by atoms with Gasteiger partial charge in [0.1, 0.15) is 0 Å². The maximum absolute atomic E-state index is 12.0. The molecule has 0 unspecified atom stereocenters. The van der Waals surface area contributed by atoms with E-state index in [0.29, 0.717) is 15.1 Å². The Bertz CT molecular complexity index is 371. The number of nitrogens with two attached hydrogens (primary N) is 1. The molecular formula is C10H11BrCl2F3N. The van der Waals surface area contributed by atoms with Crippen molar-refractivity contribution < 1.29 is 13.2 Å². The molecule has 0 radical (unpaired) electrons. The van der Waals surface area contributed by atoms with E-state index >= 15 is 0 Å². The molecule has 98 valence electrons. The predicted octanol–water partition coefficient (Wildman–Crippen LogP) is 4.87. The van der Waals surface area contributed by atoms with E-state index in [0.717, 1.165) is 0 Å². The average molecular weight is 353 g/mol. The summed E-state index contributed by atoms with van der Waals surface area (Å²) in [4.78, 5) is 0. The summed E-state index contributed by atoms with van der Waals surface area (Å²) in [6.07, 6.45) is -5.19. The van der Waals surface area contributed by atoms with Crippen molar-refractivity contribution in [1.82, 2.24) is 0 Å². The van der Waals surface area contributed by atoms with Crippen LogP contribution in [0.5, 0.6) is 0 Å². The number of halogens is 6. The Kier molecular flexibility index (Phi) is 6.84. The van der Waals surface area contributed by atoms with Gasteiger partial charge in [0.25, 0.3) is 0 Å². The second-order valence-electron chi connectivity index (χ2n) is 3.43. The summed E-state index contributed by atoms with van der Waals surface area (Å²) in [5, 5.41) is 0.513. The van der Waals surface area contributed by atoms with Gasteiger partial charge in [0.15, 0.2) is 0 Å². The molecule has 7 heteroatoms. The van der Waals surface area contributed by atoms with Crippen LogP contribution in [0.3, 0.4) is 0 Å². The third-order valence-electron chi connectivity index (χ3n) is 2.10. The lowest BCUT2D eigenvalue weighted by Crippen LogP contribution is -2.16. The van der Waals surface area contributed by atoms with Gasteiger partial charge in [-0.3, -0.25) is 0 Å². The minimum absolute atomic E-state index is 0. The molecule has 0 saturated heterocycles. The van der Waals surface area contributed by atoms with E-state index in [1.54, 1.807) is 18.2 Å². The molecule has 0 aliphatic carbocycles. The Hall–Kier alpha value is 0.0300. The molecule has 0 spiro atoms. The van der Waals surface area contributed by atoms with Gasteiger partial charge in [-0.2, -0.15) is 13.2 Å². The van der Waals surface area contributed by atoms with Gasteiger partial charge in [-0.15, -0.1) is 12.4 Å². The van der Waals surface area contributed by atoms with Crippen LogP contribution in [0.4, 0.5) is 13.2 Å². The SMILES string of the molecule is Cl.N[C@@H](CCC(F)(F)F)c1ccc(Cl)cc1Br. The molecule has 17 heavy (non-hydrogen) atoms. The third kappa shape index (κ3) is 5.95. The van der Waals surface area contributed by atoms with Crippen LogP contribution < -0.4 is 5.73 Å². The second kappa shape index (κ2) is 6.83. The first-order valence-electron chi connectivity index (χ1n) is 4.57. The Labute approximate surface area is 117 Å². The van der Waals surface area contributed by atoms with Gasteiger partial charge in [0, 0.05) is 22.0 Å². The van der Waals surface area contributed by atoms with Crippen LogP contribution >= 0.6 is 39.9 Å². The topological polar surface area (TPSA) is 26.0 Å². The monoisotopic (exact) mass is 351 g/mol. The summed E-state index contributed by atoms with van der Waals surface area (Å²) >= 11 is 8.94. The molecule has 1 nitrogen and oxygen atoms in total. The minimum Gasteiger partial charge on any atom is -0.324 e. The van der Waals surface area contributed by atoms with E-state index in [2.05, 4.69) is 15.9 Å². The van der Waals surface area contributed by atoms with E-state index in [9.17, 15) is 13.2 Å². The molecule has 1 aromatic rings. The third-order valence-corrected chi connectivity index (χ3v) is 3.02. The molecular weight excluding hydrogens is 342 g/mol. The van der Waals surface area contributed by atoms with E-state index in [1.807, 2.05) is 0 Å². The predicted molar refractivity (Wildman–Crippen MR) is 68.6 cm³/mol. The van der Waals surface area contributed by atoms with Crippen LogP contribution in [-0.4, -0.2) is 6.18 Å². The normalized spacial score (nSPS) is 13.1. The average Bonchev–Trinajstić information content (AvgIpc) is 2.13. The maximum atomic E-state index is 12.0. The molecule has 1 aromatic carbocycles. The van der Waals surface area contributed by atoms with Crippen molar-refractivity contribution >= 4 is 39.9 Å². The summed E-state index contributed by atoms with van der Waals surface area (Å²) in [6, 6.07) is 4.21. The van der Waals surface area contributed by atoms with Crippen molar-refractivity contribution in [1.29, 1.82) is 0 Å². The number of hydrogen-bond acceptors (Lipinski definition) is 1. The van der Waals surface area contributed by atoms with Crippen molar-refractivity contribution in [2.24, 2.45) is 5.73 Å². The number of hydrogen-bond donors (Lipinski definition) is 1. The highest BCUT2D eigenvalue weighted by Crippen LogP contribution is 2.31. The van der Waals surface area contributed by atoms with Gasteiger partial charge >= 0.3 is 6.18 Å². The molecule has 0 bridgehead atoms. The molecule has 2 N–H and O–H groups in total. The van der Waals surface area contributed by atoms with Crippen LogP contribution in [0.1, 0.15) is 24.4 Å². The maximum Gasteiger partial charge on any atom is 0.389 e. The minimum atomic E-state index is -4.17. The summed E-state index contributed by atoms with van der Waals surface area (Å²) in [5.41, 5.74) is 6.31.